The monoisotopic (exact) mass is 374 g/mol. The number of nitrogens with zero attached hydrogens (tertiary/aromatic N) is 2. The summed E-state index contributed by atoms with van der Waals surface area (Å²) in [5.74, 6) is -0.732. The van der Waals surface area contributed by atoms with E-state index in [2.05, 4.69) is 27.8 Å². The van der Waals surface area contributed by atoms with Crippen LogP contribution in [0, 0.1) is 5.82 Å². The van der Waals surface area contributed by atoms with Crippen molar-refractivity contribution in [2.24, 2.45) is 0 Å². The summed E-state index contributed by atoms with van der Waals surface area (Å²) < 4.78 is 13.8. The number of nitrogens with one attached hydrogen (secondary N) is 2. The fourth-order valence-electron chi connectivity index (χ4n) is 1.58. The highest BCUT2D eigenvalue weighted by atomic mass is 35.5. The second-order valence-electron chi connectivity index (χ2n) is 4.68. The fourth-order valence-corrected chi connectivity index (χ4v) is 3.69. The molecule has 2 rings (SSSR count). The van der Waals surface area contributed by atoms with Crippen molar-refractivity contribution in [1.82, 2.24) is 10.2 Å². The van der Waals surface area contributed by atoms with E-state index in [0.717, 1.165) is 18.1 Å². The number of anilines is 2. The van der Waals surface area contributed by atoms with Crippen LogP contribution >= 0.6 is 34.7 Å². The quantitative estimate of drug-likeness (QED) is 0.708. The van der Waals surface area contributed by atoms with Crippen molar-refractivity contribution in [1.29, 1.82) is 0 Å². The van der Waals surface area contributed by atoms with Gasteiger partial charge in [0.05, 0.1) is 10.3 Å². The summed E-state index contributed by atoms with van der Waals surface area (Å²) in [5.41, 5.74) is 0.455. The van der Waals surface area contributed by atoms with Gasteiger partial charge in [0.2, 0.25) is 11.0 Å². The van der Waals surface area contributed by atoms with Crippen LogP contribution < -0.4 is 10.6 Å². The highest BCUT2D eigenvalue weighted by molar-refractivity contribution is 8.02. The molecule has 5 nitrogen and oxygen atoms in total. The summed E-state index contributed by atoms with van der Waals surface area (Å²) in [6.45, 7) is 4.67. The van der Waals surface area contributed by atoms with E-state index in [1.807, 2.05) is 0 Å². The van der Waals surface area contributed by atoms with E-state index in [0.29, 0.717) is 10.0 Å². The average Bonchev–Trinajstić information content (AvgIpc) is 2.96. The molecule has 9 heteroatoms. The number of carbonyl (C=O) groups excluding carboxylic acids is 1. The third-order valence-electron chi connectivity index (χ3n) is 2.77. The Morgan fingerprint density at radius 3 is 2.96 bits per heavy atom. The minimum absolute atomic E-state index is 0.0288. The van der Waals surface area contributed by atoms with Crippen molar-refractivity contribution < 1.29 is 9.18 Å². The van der Waals surface area contributed by atoms with Gasteiger partial charge in [0, 0.05) is 12.2 Å². The fraction of sp³-hybridized carbons (Fsp3) is 0.357. The van der Waals surface area contributed by atoms with Crippen LogP contribution in [0.5, 0.6) is 0 Å². The maximum Gasteiger partial charge on any atom is 0.237 e. The largest absolute Gasteiger partial charge is 0.360 e. The van der Waals surface area contributed by atoms with Crippen molar-refractivity contribution in [3.05, 3.63) is 29.0 Å². The number of thioether (sulfide) groups is 1. The van der Waals surface area contributed by atoms with Gasteiger partial charge in [0.25, 0.3) is 0 Å². The maximum atomic E-state index is 13.1. The standard InChI is InChI=1S/C14H16ClFN4OS2/c1-3-6-17-13-19-20-14(23-13)22-8(2)12(21)18-9-4-5-11(16)10(15)7-9/h4-5,7-8H,3,6H2,1-2H3,(H,17,19)(H,18,21)/t8-/m1/s1. The Labute approximate surface area is 147 Å². The predicted molar refractivity (Wildman–Crippen MR) is 94.0 cm³/mol. The lowest BCUT2D eigenvalue weighted by molar-refractivity contribution is -0.115. The maximum absolute atomic E-state index is 13.1. The van der Waals surface area contributed by atoms with E-state index in [1.54, 1.807) is 6.92 Å². The highest BCUT2D eigenvalue weighted by Gasteiger charge is 2.17. The van der Waals surface area contributed by atoms with E-state index in [9.17, 15) is 9.18 Å². The lowest BCUT2D eigenvalue weighted by Crippen LogP contribution is -2.22. The smallest absolute Gasteiger partial charge is 0.237 e. The molecule has 1 atom stereocenters. The minimum atomic E-state index is -0.520. The molecule has 124 valence electrons. The van der Waals surface area contributed by atoms with E-state index in [-0.39, 0.29) is 16.2 Å². The third kappa shape index (κ3) is 5.33. The molecule has 23 heavy (non-hydrogen) atoms. The zero-order valence-corrected chi connectivity index (χ0v) is 15.0. The molecule has 0 bridgehead atoms. The van der Waals surface area contributed by atoms with Crippen molar-refractivity contribution in [2.75, 3.05) is 17.2 Å². The van der Waals surface area contributed by atoms with Gasteiger partial charge in [-0.15, -0.1) is 10.2 Å². The molecule has 0 saturated heterocycles. The molecule has 2 aromatic rings. The van der Waals surface area contributed by atoms with Gasteiger partial charge in [-0.25, -0.2) is 4.39 Å². The van der Waals surface area contributed by atoms with Gasteiger partial charge in [-0.05, 0) is 31.5 Å². The van der Waals surface area contributed by atoms with Crippen LogP contribution in [0.4, 0.5) is 15.2 Å². The molecule has 0 spiro atoms. The molecule has 0 radical (unpaired) electrons. The Bertz CT molecular complexity index is 683. The molecular weight excluding hydrogens is 359 g/mol. The number of rotatable bonds is 7. The van der Waals surface area contributed by atoms with Crippen LogP contribution in [-0.2, 0) is 4.79 Å². The second-order valence-corrected chi connectivity index (χ2v) is 7.65. The lowest BCUT2D eigenvalue weighted by Gasteiger charge is -2.10. The molecule has 1 aromatic carbocycles. The van der Waals surface area contributed by atoms with Gasteiger partial charge < -0.3 is 10.6 Å². The zero-order chi connectivity index (χ0) is 16.8. The number of amides is 1. The molecule has 0 saturated carbocycles. The SMILES string of the molecule is CCCNc1nnc(S[C@H](C)C(=O)Nc2ccc(F)c(Cl)c2)s1. The van der Waals surface area contributed by atoms with Gasteiger partial charge >= 0.3 is 0 Å². The first kappa shape index (κ1) is 18.0. The summed E-state index contributed by atoms with van der Waals surface area (Å²) in [5, 5.41) is 14.3. The summed E-state index contributed by atoms with van der Waals surface area (Å²) in [7, 11) is 0. The first-order chi connectivity index (χ1) is 11.0. The molecule has 0 fully saturated rings. The minimum Gasteiger partial charge on any atom is -0.360 e. The number of halogens is 2. The molecule has 0 aliphatic rings. The average molecular weight is 375 g/mol. The van der Waals surface area contributed by atoms with Crippen LogP contribution in [0.25, 0.3) is 0 Å². The van der Waals surface area contributed by atoms with Crippen molar-refractivity contribution in [2.45, 2.75) is 29.9 Å². The number of hydrogen-bond donors (Lipinski definition) is 2. The Morgan fingerprint density at radius 1 is 1.48 bits per heavy atom. The lowest BCUT2D eigenvalue weighted by atomic mass is 10.3. The van der Waals surface area contributed by atoms with E-state index in [4.69, 9.17) is 11.6 Å². The van der Waals surface area contributed by atoms with Gasteiger partial charge in [-0.2, -0.15) is 0 Å². The number of benzene rings is 1. The Kier molecular flexibility index (Phi) is 6.61. The van der Waals surface area contributed by atoms with Crippen LogP contribution in [-0.4, -0.2) is 27.9 Å². The Hall–Kier alpha value is -1.38. The zero-order valence-electron chi connectivity index (χ0n) is 12.6. The van der Waals surface area contributed by atoms with Crippen LogP contribution in [0.1, 0.15) is 20.3 Å². The molecule has 0 unspecified atom stereocenters. The van der Waals surface area contributed by atoms with Crippen LogP contribution in [0.2, 0.25) is 5.02 Å². The Balaban J connectivity index is 1.91. The molecule has 1 amide bonds. The van der Waals surface area contributed by atoms with Crippen LogP contribution in [0.15, 0.2) is 22.5 Å². The molecule has 1 aromatic heterocycles. The highest BCUT2D eigenvalue weighted by Crippen LogP contribution is 2.29. The number of hydrogen-bond acceptors (Lipinski definition) is 6. The van der Waals surface area contributed by atoms with Gasteiger partial charge in [-0.3, -0.25) is 4.79 Å². The Morgan fingerprint density at radius 2 is 2.26 bits per heavy atom. The van der Waals surface area contributed by atoms with E-state index >= 15 is 0 Å². The van der Waals surface area contributed by atoms with Crippen molar-refractivity contribution in [3.63, 3.8) is 0 Å². The second kappa shape index (κ2) is 8.47. The van der Waals surface area contributed by atoms with E-state index < -0.39 is 5.82 Å². The molecular formula is C14H16ClFN4OS2. The summed E-state index contributed by atoms with van der Waals surface area (Å²) in [4.78, 5) is 12.2. The third-order valence-corrected chi connectivity index (χ3v) is 5.12. The summed E-state index contributed by atoms with van der Waals surface area (Å²) >= 11 is 8.42. The molecule has 1 heterocycles. The first-order valence-electron chi connectivity index (χ1n) is 6.99. The number of aromatic nitrogens is 2. The van der Waals surface area contributed by atoms with Gasteiger partial charge in [0.15, 0.2) is 4.34 Å². The van der Waals surface area contributed by atoms with Crippen LogP contribution in [0.3, 0.4) is 0 Å². The van der Waals surface area contributed by atoms with Crippen molar-refractivity contribution in [3.8, 4) is 0 Å². The number of carbonyl (C=O) groups is 1. The molecule has 2 N–H and O–H groups in total. The summed E-state index contributed by atoms with van der Waals surface area (Å²) in [6.07, 6.45) is 1.00. The van der Waals surface area contributed by atoms with Gasteiger partial charge in [-0.1, -0.05) is 41.6 Å². The molecule has 0 aliphatic carbocycles. The van der Waals surface area contributed by atoms with E-state index in [1.165, 1.54) is 41.3 Å². The molecule has 0 aliphatic heterocycles. The predicted octanol–water partition coefficient (Wildman–Crippen LogP) is 4.27. The summed E-state index contributed by atoms with van der Waals surface area (Å²) in [6, 6.07) is 4.06. The first-order valence-corrected chi connectivity index (χ1v) is 9.07. The topological polar surface area (TPSA) is 66.9 Å². The normalized spacial score (nSPS) is 12.0. The van der Waals surface area contributed by atoms with Crippen molar-refractivity contribution >= 4 is 51.4 Å². The van der Waals surface area contributed by atoms with Gasteiger partial charge in [0.1, 0.15) is 5.82 Å².